The molecule has 0 aliphatic heterocycles. The van der Waals surface area contributed by atoms with Crippen molar-refractivity contribution in [2.24, 2.45) is 4.99 Å². The second-order valence-electron chi connectivity index (χ2n) is 2.13. The third-order valence-corrected chi connectivity index (χ3v) is 2.83. The van der Waals surface area contributed by atoms with Crippen LogP contribution in [0, 0.1) is 0 Å². The van der Waals surface area contributed by atoms with E-state index in [0.29, 0.717) is 6.61 Å². The highest BCUT2D eigenvalue weighted by Crippen LogP contribution is 2.23. The molecular formula is C9H12BrNO2S. The van der Waals surface area contributed by atoms with Crippen LogP contribution in [0.2, 0.25) is 0 Å². The Hall–Kier alpha value is -0.550. The number of allylic oxidation sites excluding steroid dienone is 1. The molecule has 0 fully saturated rings. The Morgan fingerprint density at radius 2 is 2.36 bits per heavy atom. The molecule has 0 heterocycles. The highest BCUT2D eigenvalue weighted by molar-refractivity contribution is 9.12. The van der Waals surface area contributed by atoms with Gasteiger partial charge in [-0.1, -0.05) is 6.58 Å². The number of hydrogen-bond acceptors (Lipinski definition) is 4. The van der Waals surface area contributed by atoms with Gasteiger partial charge in [-0.3, -0.25) is 4.99 Å². The maximum Gasteiger partial charge on any atom is 0.349 e. The molecule has 3 nitrogen and oxygen atoms in total. The topological polar surface area (TPSA) is 38.7 Å². The lowest BCUT2D eigenvalue weighted by Gasteiger charge is -1.96. The molecule has 0 spiro atoms. The molecule has 0 saturated carbocycles. The largest absolute Gasteiger partial charge is 0.462 e. The summed E-state index contributed by atoms with van der Waals surface area (Å²) >= 11 is 4.77. The quantitative estimate of drug-likeness (QED) is 0.441. The lowest BCUT2D eigenvalue weighted by atomic mass is 10.6. The Morgan fingerprint density at radius 1 is 1.71 bits per heavy atom. The second kappa shape index (κ2) is 7.82. The summed E-state index contributed by atoms with van der Waals surface area (Å²) < 4.78 is 5.41. The van der Waals surface area contributed by atoms with E-state index < -0.39 is 5.97 Å². The van der Waals surface area contributed by atoms with Crippen molar-refractivity contribution in [3.05, 3.63) is 22.2 Å². The number of thioether (sulfide) groups is 1. The fourth-order valence-electron chi connectivity index (χ4n) is 0.513. The molecule has 0 aromatic rings. The van der Waals surface area contributed by atoms with Gasteiger partial charge < -0.3 is 4.74 Å². The predicted molar refractivity (Wildman–Crippen MR) is 64.8 cm³/mol. The summed E-state index contributed by atoms with van der Waals surface area (Å²) in [6, 6.07) is 0. The van der Waals surface area contributed by atoms with Crippen LogP contribution in [0.5, 0.6) is 0 Å². The third kappa shape index (κ3) is 5.99. The Balaban J connectivity index is 4.14. The predicted octanol–water partition coefficient (Wildman–Crippen LogP) is 2.73. The average molecular weight is 278 g/mol. The molecule has 14 heavy (non-hydrogen) atoms. The van der Waals surface area contributed by atoms with Crippen molar-refractivity contribution in [2.75, 3.05) is 12.9 Å². The molecule has 0 aliphatic rings. The number of rotatable bonds is 5. The van der Waals surface area contributed by atoms with Crippen LogP contribution in [0.25, 0.3) is 0 Å². The Morgan fingerprint density at radius 3 is 2.86 bits per heavy atom. The number of carbonyl (C=O) groups is 1. The summed E-state index contributed by atoms with van der Waals surface area (Å²) in [6.07, 6.45) is 4.54. The first kappa shape index (κ1) is 13.4. The van der Waals surface area contributed by atoms with Crippen LogP contribution >= 0.6 is 27.7 Å². The summed E-state index contributed by atoms with van der Waals surface area (Å²) in [5.74, 6) is -0.446. The van der Waals surface area contributed by atoms with Gasteiger partial charge in [0.05, 0.1) is 6.61 Å². The molecule has 78 valence electrons. The van der Waals surface area contributed by atoms with Gasteiger partial charge in [-0.2, -0.15) is 0 Å². The van der Waals surface area contributed by atoms with Crippen LogP contribution in [0.3, 0.4) is 0 Å². The summed E-state index contributed by atoms with van der Waals surface area (Å²) in [5, 5.41) is 0. The van der Waals surface area contributed by atoms with Crippen molar-refractivity contribution < 1.29 is 9.53 Å². The zero-order valence-electron chi connectivity index (χ0n) is 8.12. The molecule has 0 bridgehead atoms. The molecule has 0 saturated heterocycles. The van der Waals surface area contributed by atoms with Crippen molar-refractivity contribution in [1.29, 1.82) is 0 Å². The monoisotopic (exact) mass is 277 g/mol. The van der Waals surface area contributed by atoms with E-state index in [1.165, 1.54) is 18.0 Å². The molecular weight excluding hydrogens is 266 g/mol. The molecule has 0 amide bonds. The van der Waals surface area contributed by atoms with E-state index in [9.17, 15) is 4.79 Å². The van der Waals surface area contributed by atoms with Gasteiger partial charge in [-0.15, -0.1) is 11.8 Å². The van der Waals surface area contributed by atoms with Crippen molar-refractivity contribution >= 4 is 39.9 Å². The van der Waals surface area contributed by atoms with Crippen LogP contribution in [0.4, 0.5) is 0 Å². The van der Waals surface area contributed by atoms with Gasteiger partial charge >= 0.3 is 5.97 Å². The standard InChI is InChI=1S/C9H12BrNO2S/c1-4-13-9(12)6-11-5-8(10)7(2)14-3/h5-6H,2,4H2,1,3H3/b8-5+,11-6?. The summed E-state index contributed by atoms with van der Waals surface area (Å²) in [4.78, 5) is 15.4. The van der Waals surface area contributed by atoms with Gasteiger partial charge in [0.15, 0.2) is 0 Å². The molecule has 5 heteroatoms. The lowest BCUT2D eigenvalue weighted by molar-refractivity contribution is -0.134. The molecule has 0 N–H and O–H groups in total. The van der Waals surface area contributed by atoms with E-state index in [4.69, 9.17) is 0 Å². The van der Waals surface area contributed by atoms with Crippen LogP contribution in [-0.2, 0) is 9.53 Å². The minimum atomic E-state index is -0.446. The van der Waals surface area contributed by atoms with Gasteiger partial charge in [0.2, 0.25) is 0 Å². The summed E-state index contributed by atoms with van der Waals surface area (Å²) in [7, 11) is 0. The first-order chi connectivity index (χ1) is 6.61. The second-order valence-corrected chi connectivity index (χ2v) is 3.89. The van der Waals surface area contributed by atoms with E-state index >= 15 is 0 Å². The number of halogens is 1. The highest BCUT2D eigenvalue weighted by atomic mass is 79.9. The van der Waals surface area contributed by atoms with E-state index in [-0.39, 0.29) is 0 Å². The fourth-order valence-corrected chi connectivity index (χ4v) is 1.36. The molecule has 0 aromatic carbocycles. The Bertz CT molecular complexity index is 274. The number of esters is 1. The minimum absolute atomic E-state index is 0.354. The summed E-state index contributed by atoms with van der Waals surface area (Å²) in [6.45, 7) is 5.86. The number of nitrogens with zero attached hydrogens (tertiary/aromatic N) is 1. The Kier molecular flexibility index (Phi) is 7.51. The lowest BCUT2D eigenvalue weighted by Crippen LogP contribution is -2.04. The zero-order chi connectivity index (χ0) is 11.0. The van der Waals surface area contributed by atoms with Crippen molar-refractivity contribution in [3.8, 4) is 0 Å². The number of hydrogen-bond donors (Lipinski definition) is 0. The number of aliphatic imine (C=N–C) groups is 1. The van der Waals surface area contributed by atoms with Crippen molar-refractivity contribution in [3.63, 3.8) is 0 Å². The average Bonchev–Trinajstić information content (AvgIpc) is 2.16. The first-order valence-electron chi connectivity index (χ1n) is 3.90. The number of ether oxygens (including phenoxy) is 1. The minimum Gasteiger partial charge on any atom is -0.462 e. The van der Waals surface area contributed by atoms with Gasteiger partial charge in [0.1, 0.15) is 6.21 Å². The Labute approximate surface area is 96.4 Å². The molecule has 0 atom stereocenters. The molecule has 0 radical (unpaired) electrons. The molecule has 0 unspecified atom stereocenters. The van der Waals surface area contributed by atoms with Gasteiger partial charge in [0, 0.05) is 15.6 Å². The van der Waals surface area contributed by atoms with Crippen molar-refractivity contribution in [1.82, 2.24) is 0 Å². The van der Waals surface area contributed by atoms with Crippen LogP contribution in [-0.4, -0.2) is 25.0 Å². The fraction of sp³-hybridized carbons (Fsp3) is 0.333. The normalized spacial score (nSPS) is 11.8. The third-order valence-electron chi connectivity index (χ3n) is 1.17. The van der Waals surface area contributed by atoms with Crippen LogP contribution in [0.15, 0.2) is 27.2 Å². The maximum absolute atomic E-state index is 10.8. The first-order valence-corrected chi connectivity index (χ1v) is 5.92. The van der Waals surface area contributed by atoms with E-state index in [1.807, 2.05) is 6.26 Å². The smallest absolute Gasteiger partial charge is 0.349 e. The molecule has 0 aromatic heterocycles. The maximum atomic E-state index is 10.8. The van der Waals surface area contributed by atoms with Crippen LogP contribution in [0.1, 0.15) is 6.92 Å². The highest BCUT2D eigenvalue weighted by Gasteiger charge is 1.96. The van der Waals surface area contributed by atoms with E-state index in [1.54, 1.807) is 6.92 Å². The molecule has 0 aliphatic carbocycles. The SMILES string of the molecule is C=C(SC)/C(Br)=C\N=CC(=O)OCC. The molecule has 0 rings (SSSR count). The van der Waals surface area contributed by atoms with Crippen molar-refractivity contribution in [2.45, 2.75) is 6.92 Å². The summed E-state index contributed by atoms with van der Waals surface area (Å²) in [5.41, 5.74) is 0. The van der Waals surface area contributed by atoms with Gasteiger partial charge in [-0.25, -0.2) is 4.79 Å². The van der Waals surface area contributed by atoms with E-state index in [2.05, 4.69) is 32.2 Å². The van der Waals surface area contributed by atoms with Gasteiger partial charge in [-0.05, 0) is 29.1 Å². The van der Waals surface area contributed by atoms with E-state index in [0.717, 1.165) is 15.6 Å². The van der Waals surface area contributed by atoms with Crippen LogP contribution < -0.4 is 0 Å². The van der Waals surface area contributed by atoms with Gasteiger partial charge in [0.25, 0.3) is 0 Å². The number of carbonyl (C=O) groups excluding carboxylic acids is 1. The zero-order valence-corrected chi connectivity index (χ0v) is 10.5.